The number of likely N-dealkylation sites (tertiary alicyclic amines) is 2. The van der Waals surface area contributed by atoms with Gasteiger partial charge in [-0.15, -0.1) is 0 Å². The molecule has 0 aromatic rings. The molecule has 3 fully saturated rings. The van der Waals surface area contributed by atoms with Gasteiger partial charge in [0.05, 0.1) is 0 Å². The van der Waals surface area contributed by atoms with Gasteiger partial charge in [-0.2, -0.15) is 0 Å². The van der Waals surface area contributed by atoms with Gasteiger partial charge in [-0.25, -0.2) is 4.39 Å². The highest BCUT2D eigenvalue weighted by atomic mass is 19.1. The molecule has 4 nitrogen and oxygen atoms in total. The minimum absolute atomic E-state index is 0.101. The van der Waals surface area contributed by atoms with Crippen LogP contribution in [0.4, 0.5) is 4.39 Å². The summed E-state index contributed by atoms with van der Waals surface area (Å²) in [4.78, 5) is 28.9. The zero-order valence-electron chi connectivity index (χ0n) is 17.2. The van der Waals surface area contributed by atoms with E-state index in [4.69, 9.17) is 0 Å². The Balaban J connectivity index is 1.41. The number of nitrogens with zero attached hydrogens (tertiary/aromatic N) is 2. The lowest BCUT2D eigenvalue weighted by molar-refractivity contribution is -0.139. The van der Waals surface area contributed by atoms with E-state index in [0.717, 1.165) is 64.7 Å². The summed E-state index contributed by atoms with van der Waals surface area (Å²) in [6, 6.07) is 0. The molecule has 0 N–H and O–H groups in total. The second-order valence-corrected chi connectivity index (χ2v) is 9.30. The Kier molecular flexibility index (Phi) is 6.93. The minimum Gasteiger partial charge on any atom is -0.342 e. The van der Waals surface area contributed by atoms with Crippen molar-refractivity contribution < 1.29 is 14.0 Å². The van der Waals surface area contributed by atoms with Crippen LogP contribution in [-0.2, 0) is 9.59 Å². The van der Waals surface area contributed by atoms with Crippen LogP contribution >= 0.6 is 0 Å². The maximum Gasteiger partial charge on any atom is 0.225 e. The maximum atomic E-state index is 15.1. The van der Waals surface area contributed by atoms with Crippen LogP contribution in [0.15, 0.2) is 0 Å². The summed E-state index contributed by atoms with van der Waals surface area (Å²) in [5.74, 6) is 1.34. The van der Waals surface area contributed by atoms with Gasteiger partial charge in [-0.3, -0.25) is 9.59 Å². The van der Waals surface area contributed by atoms with E-state index in [9.17, 15) is 9.59 Å². The number of Topliss-reactive ketones (excluding diaryl/α,β-unsaturated/α-hetero) is 1. The van der Waals surface area contributed by atoms with E-state index in [2.05, 4.69) is 11.9 Å². The molecule has 5 heteroatoms. The van der Waals surface area contributed by atoms with Crippen molar-refractivity contribution in [1.29, 1.82) is 0 Å². The van der Waals surface area contributed by atoms with Gasteiger partial charge in [0, 0.05) is 44.4 Å². The molecule has 0 unspecified atom stereocenters. The Bertz CT molecular complexity index is 514. The number of carbonyl (C=O) groups is 2. The average Bonchev–Trinajstić information content (AvgIpc) is 2.70. The van der Waals surface area contributed by atoms with E-state index in [-0.39, 0.29) is 17.7 Å². The molecule has 1 saturated carbocycles. The summed E-state index contributed by atoms with van der Waals surface area (Å²) >= 11 is 0. The van der Waals surface area contributed by atoms with Crippen LogP contribution in [0, 0.1) is 17.8 Å². The summed E-state index contributed by atoms with van der Waals surface area (Å²) in [5, 5.41) is 0. The second-order valence-electron chi connectivity index (χ2n) is 9.30. The SMILES string of the molecule is CCC(=O)C1CCC(C(=O)N2CCC(CC3(F)CCN(C)CC3)CC2)CC1. The number of ketones is 1. The van der Waals surface area contributed by atoms with Gasteiger partial charge in [-0.1, -0.05) is 6.92 Å². The quantitative estimate of drug-likeness (QED) is 0.728. The molecular formula is C22H37FN2O2. The zero-order valence-corrected chi connectivity index (χ0v) is 17.2. The van der Waals surface area contributed by atoms with Crippen molar-refractivity contribution in [3.63, 3.8) is 0 Å². The van der Waals surface area contributed by atoms with E-state index in [1.807, 2.05) is 11.8 Å². The third-order valence-corrected chi connectivity index (χ3v) is 7.34. The third kappa shape index (κ3) is 5.30. The Morgan fingerprint density at radius 2 is 1.48 bits per heavy atom. The van der Waals surface area contributed by atoms with Gasteiger partial charge >= 0.3 is 0 Å². The van der Waals surface area contributed by atoms with Gasteiger partial charge in [0.2, 0.25) is 5.91 Å². The molecule has 2 aliphatic heterocycles. The summed E-state index contributed by atoms with van der Waals surface area (Å²) in [6.45, 7) is 5.21. The molecule has 3 rings (SSSR count). The van der Waals surface area contributed by atoms with Crippen LogP contribution in [0.3, 0.4) is 0 Å². The standard InChI is InChI=1S/C22H37FN2O2/c1-3-20(26)18-4-6-19(7-5-18)21(27)25-12-8-17(9-13-25)16-22(23)10-14-24(2)15-11-22/h17-19H,3-16H2,1-2H3. The van der Waals surface area contributed by atoms with E-state index in [0.29, 0.717) is 37.4 Å². The number of alkyl halides is 1. The smallest absolute Gasteiger partial charge is 0.225 e. The Morgan fingerprint density at radius 1 is 0.926 bits per heavy atom. The molecule has 154 valence electrons. The van der Waals surface area contributed by atoms with Crippen molar-refractivity contribution in [2.45, 2.75) is 76.8 Å². The largest absolute Gasteiger partial charge is 0.342 e. The van der Waals surface area contributed by atoms with Gasteiger partial charge in [0.1, 0.15) is 11.5 Å². The third-order valence-electron chi connectivity index (χ3n) is 7.34. The minimum atomic E-state index is -0.993. The number of halogens is 1. The number of hydrogen-bond donors (Lipinski definition) is 0. The summed E-state index contributed by atoms with van der Waals surface area (Å²) < 4.78 is 15.1. The molecule has 2 heterocycles. The fourth-order valence-electron chi connectivity index (χ4n) is 5.31. The first-order valence-electron chi connectivity index (χ1n) is 11.1. The predicted octanol–water partition coefficient (Wildman–Crippen LogP) is 3.83. The van der Waals surface area contributed by atoms with Gasteiger partial charge in [-0.05, 0) is 70.8 Å². The molecule has 0 atom stereocenters. The lowest BCUT2D eigenvalue weighted by Gasteiger charge is -2.40. The topological polar surface area (TPSA) is 40.6 Å². The highest BCUT2D eigenvalue weighted by Gasteiger charge is 2.38. The maximum absolute atomic E-state index is 15.1. The molecule has 1 aliphatic carbocycles. The van der Waals surface area contributed by atoms with Crippen LogP contribution in [0.5, 0.6) is 0 Å². The Labute approximate surface area is 163 Å². The van der Waals surface area contributed by atoms with Crippen molar-refractivity contribution in [1.82, 2.24) is 9.80 Å². The lowest BCUT2D eigenvalue weighted by Crippen LogP contribution is -2.45. The van der Waals surface area contributed by atoms with Crippen molar-refractivity contribution in [2.75, 3.05) is 33.2 Å². The van der Waals surface area contributed by atoms with Crippen molar-refractivity contribution in [2.24, 2.45) is 17.8 Å². The monoisotopic (exact) mass is 380 g/mol. The fourth-order valence-corrected chi connectivity index (χ4v) is 5.31. The highest BCUT2D eigenvalue weighted by Crippen LogP contribution is 2.37. The van der Waals surface area contributed by atoms with Gasteiger partial charge < -0.3 is 9.80 Å². The number of hydrogen-bond acceptors (Lipinski definition) is 3. The van der Waals surface area contributed by atoms with E-state index < -0.39 is 5.67 Å². The summed E-state index contributed by atoms with van der Waals surface area (Å²) in [7, 11) is 2.06. The van der Waals surface area contributed by atoms with Crippen LogP contribution in [-0.4, -0.2) is 60.4 Å². The average molecular weight is 381 g/mol. The molecule has 0 aromatic carbocycles. The van der Waals surface area contributed by atoms with E-state index in [1.54, 1.807) is 0 Å². The second kappa shape index (κ2) is 9.02. The zero-order chi connectivity index (χ0) is 19.4. The first-order valence-corrected chi connectivity index (χ1v) is 11.1. The first kappa shape index (κ1) is 20.8. The number of carbonyl (C=O) groups excluding carboxylic acids is 2. The van der Waals surface area contributed by atoms with E-state index >= 15 is 4.39 Å². The Morgan fingerprint density at radius 3 is 2.04 bits per heavy atom. The van der Waals surface area contributed by atoms with Crippen LogP contribution in [0.2, 0.25) is 0 Å². The number of piperidine rings is 2. The van der Waals surface area contributed by atoms with Crippen molar-refractivity contribution in [3.05, 3.63) is 0 Å². The van der Waals surface area contributed by atoms with Crippen LogP contribution in [0.1, 0.15) is 71.1 Å². The van der Waals surface area contributed by atoms with E-state index in [1.165, 1.54) is 0 Å². The molecule has 0 spiro atoms. The van der Waals surface area contributed by atoms with Crippen LogP contribution < -0.4 is 0 Å². The van der Waals surface area contributed by atoms with Gasteiger partial charge in [0.15, 0.2) is 0 Å². The Hall–Kier alpha value is -0.970. The molecule has 1 amide bonds. The molecular weight excluding hydrogens is 343 g/mol. The lowest BCUT2D eigenvalue weighted by atomic mass is 9.78. The van der Waals surface area contributed by atoms with Crippen LogP contribution in [0.25, 0.3) is 0 Å². The normalized spacial score (nSPS) is 30.3. The molecule has 2 saturated heterocycles. The molecule has 0 radical (unpaired) electrons. The fraction of sp³-hybridized carbons (Fsp3) is 0.909. The number of rotatable bonds is 5. The first-order chi connectivity index (χ1) is 12.9. The molecule has 0 bridgehead atoms. The summed E-state index contributed by atoms with van der Waals surface area (Å²) in [5.41, 5.74) is -0.993. The van der Waals surface area contributed by atoms with Crippen molar-refractivity contribution in [3.8, 4) is 0 Å². The number of amides is 1. The molecule has 3 aliphatic rings. The van der Waals surface area contributed by atoms with Gasteiger partial charge in [0.25, 0.3) is 0 Å². The molecule has 0 aromatic heterocycles. The predicted molar refractivity (Wildman–Crippen MR) is 105 cm³/mol. The van der Waals surface area contributed by atoms with Crippen molar-refractivity contribution >= 4 is 11.7 Å². The molecule has 27 heavy (non-hydrogen) atoms. The summed E-state index contributed by atoms with van der Waals surface area (Å²) in [6.07, 6.45) is 7.94. The highest BCUT2D eigenvalue weighted by molar-refractivity contribution is 5.82.